The van der Waals surface area contributed by atoms with Crippen molar-refractivity contribution in [3.8, 4) is 0 Å². The number of thiazole rings is 1. The third kappa shape index (κ3) is 4.98. The number of carbonyl (C=O) groups excluding carboxylic acids is 3. The summed E-state index contributed by atoms with van der Waals surface area (Å²) in [6.07, 6.45) is 0.827. The molecule has 36 heavy (non-hydrogen) atoms. The Balaban J connectivity index is 1.30. The summed E-state index contributed by atoms with van der Waals surface area (Å²) in [6.45, 7) is 8.18. The van der Waals surface area contributed by atoms with Gasteiger partial charge in [-0.25, -0.2) is 4.98 Å². The van der Waals surface area contributed by atoms with E-state index >= 15 is 0 Å². The van der Waals surface area contributed by atoms with Gasteiger partial charge < -0.3 is 20.5 Å². The molecule has 11 heteroatoms. The standard InChI is InChI=1S/C25H29ClN6O3S/c1-13(2)31-7-6-18-22(12-31)36-25(30-18)24(35)29-21-11-32(14(3)33)10-20(21)28-23(34)19-9-15-8-16(26)4-5-17(15)27-19/h4-5,8-9,13,20-21,27H,6-7,10-12H2,1-3H3,(H,28,34)(H,29,35)/t20?,21-/m1/s1. The molecule has 5 rings (SSSR count). The highest BCUT2D eigenvalue weighted by atomic mass is 35.5. The van der Waals surface area contributed by atoms with Crippen molar-refractivity contribution in [1.29, 1.82) is 0 Å². The lowest BCUT2D eigenvalue weighted by atomic mass is 10.1. The number of nitrogens with one attached hydrogen (secondary N) is 3. The Morgan fingerprint density at radius 1 is 1.14 bits per heavy atom. The molecule has 0 aliphatic carbocycles. The molecule has 2 aliphatic rings. The van der Waals surface area contributed by atoms with Gasteiger partial charge in [0.1, 0.15) is 5.69 Å². The van der Waals surface area contributed by atoms with E-state index in [-0.39, 0.29) is 17.7 Å². The highest BCUT2D eigenvalue weighted by Crippen LogP contribution is 2.27. The fraction of sp³-hybridized carbons (Fsp3) is 0.440. The Morgan fingerprint density at radius 2 is 1.86 bits per heavy atom. The first-order valence-corrected chi connectivity index (χ1v) is 13.3. The van der Waals surface area contributed by atoms with E-state index in [2.05, 4.69) is 39.3 Å². The molecule has 4 heterocycles. The summed E-state index contributed by atoms with van der Waals surface area (Å²) in [5.41, 5.74) is 2.18. The zero-order valence-corrected chi connectivity index (χ0v) is 22.0. The molecule has 3 aromatic rings. The lowest BCUT2D eigenvalue weighted by Gasteiger charge is -2.29. The maximum atomic E-state index is 13.1. The molecule has 2 aromatic heterocycles. The van der Waals surface area contributed by atoms with Crippen LogP contribution in [-0.4, -0.2) is 75.2 Å². The van der Waals surface area contributed by atoms with Gasteiger partial charge in [0.05, 0.1) is 17.8 Å². The van der Waals surface area contributed by atoms with Gasteiger partial charge in [-0.1, -0.05) is 11.6 Å². The van der Waals surface area contributed by atoms with Crippen LogP contribution in [-0.2, 0) is 17.8 Å². The molecule has 1 aromatic carbocycles. The van der Waals surface area contributed by atoms with Gasteiger partial charge in [0.15, 0.2) is 5.01 Å². The van der Waals surface area contributed by atoms with E-state index < -0.39 is 12.1 Å². The molecule has 1 unspecified atom stereocenters. The minimum Gasteiger partial charge on any atom is -0.351 e. The van der Waals surface area contributed by atoms with Crippen molar-refractivity contribution in [1.82, 2.24) is 30.4 Å². The smallest absolute Gasteiger partial charge is 0.280 e. The van der Waals surface area contributed by atoms with E-state index in [1.165, 1.54) is 18.3 Å². The summed E-state index contributed by atoms with van der Waals surface area (Å²) in [5.74, 6) is -0.694. The van der Waals surface area contributed by atoms with Crippen molar-refractivity contribution in [3.63, 3.8) is 0 Å². The number of benzene rings is 1. The summed E-state index contributed by atoms with van der Waals surface area (Å²) < 4.78 is 0. The number of aromatic amines is 1. The van der Waals surface area contributed by atoms with E-state index in [1.807, 2.05) is 6.07 Å². The first kappa shape index (κ1) is 24.7. The van der Waals surface area contributed by atoms with Gasteiger partial charge in [-0.2, -0.15) is 0 Å². The van der Waals surface area contributed by atoms with Crippen LogP contribution in [0.25, 0.3) is 10.9 Å². The first-order valence-electron chi connectivity index (χ1n) is 12.1. The molecular formula is C25H29ClN6O3S. The second-order valence-corrected chi connectivity index (χ2v) is 11.2. The minimum atomic E-state index is -0.439. The number of halogens is 1. The van der Waals surface area contributed by atoms with Gasteiger partial charge >= 0.3 is 0 Å². The van der Waals surface area contributed by atoms with E-state index in [1.54, 1.807) is 23.1 Å². The van der Waals surface area contributed by atoms with Crippen LogP contribution in [0.15, 0.2) is 24.3 Å². The van der Waals surface area contributed by atoms with Crippen molar-refractivity contribution in [3.05, 3.63) is 50.6 Å². The van der Waals surface area contributed by atoms with Crippen LogP contribution in [0.2, 0.25) is 5.02 Å². The predicted octanol–water partition coefficient (Wildman–Crippen LogP) is 2.80. The summed E-state index contributed by atoms with van der Waals surface area (Å²) >= 11 is 7.49. The van der Waals surface area contributed by atoms with Gasteiger partial charge in [-0.3, -0.25) is 19.3 Å². The zero-order valence-electron chi connectivity index (χ0n) is 20.4. The molecular weight excluding hydrogens is 500 g/mol. The highest BCUT2D eigenvalue weighted by Gasteiger charge is 2.37. The first-order chi connectivity index (χ1) is 17.2. The quantitative estimate of drug-likeness (QED) is 0.471. The average molecular weight is 529 g/mol. The molecule has 0 spiro atoms. The van der Waals surface area contributed by atoms with Crippen LogP contribution < -0.4 is 10.6 Å². The summed E-state index contributed by atoms with van der Waals surface area (Å²) in [6, 6.07) is 6.66. The molecule has 0 radical (unpaired) electrons. The van der Waals surface area contributed by atoms with Gasteiger partial charge in [-0.05, 0) is 38.1 Å². The molecule has 2 atom stereocenters. The van der Waals surface area contributed by atoms with Gasteiger partial charge in [-0.15, -0.1) is 11.3 Å². The number of rotatable bonds is 5. The van der Waals surface area contributed by atoms with E-state index in [0.717, 1.165) is 41.0 Å². The van der Waals surface area contributed by atoms with E-state index in [0.29, 0.717) is 34.9 Å². The predicted molar refractivity (Wildman–Crippen MR) is 139 cm³/mol. The van der Waals surface area contributed by atoms with Gasteiger partial charge in [0.2, 0.25) is 5.91 Å². The Bertz CT molecular complexity index is 1330. The summed E-state index contributed by atoms with van der Waals surface area (Å²) in [7, 11) is 0. The number of hydrogen-bond donors (Lipinski definition) is 3. The number of fused-ring (bicyclic) bond motifs is 2. The van der Waals surface area contributed by atoms with Gasteiger partial charge in [0, 0.05) is 66.4 Å². The van der Waals surface area contributed by atoms with Crippen LogP contribution in [0.3, 0.4) is 0 Å². The number of nitrogens with zero attached hydrogens (tertiary/aromatic N) is 3. The number of hydrogen-bond acceptors (Lipinski definition) is 6. The zero-order chi connectivity index (χ0) is 25.6. The van der Waals surface area contributed by atoms with Crippen molar-refractivity contribution in [2.45, 2.75) is 51.9 Å². The van der Waals surface area contributed by atoms with Crippen molar-refractivity contribution in [2.75, 3.05) is 19.6 Å². The van der Waals surface area contributed by atoms with Gasteiger partial charge in [0.25, 0.3) is 11.8 Å². The Hall–Kier alpha value is -2.95. The van der Waals surface area contributed by atoms with Crippen LogP contribution >= 0.6 is 22.9 Å². The summed E-state index contributed by atoms with van der Waals surface area (Å²) in [5, 5.41) is 7.86. The molecule has 0 saturated carbocycles. The fourth-order valence-corrected chi connectivity index (χ4v) is 6.03. The third-order valence-electron chi connectivity index (χ3n) is 6.91. The highest BCUT2D eigenvalue weighted by molar-refractivity contribution is 7.13. The molecule has 3 amide bonds. The Labute approximate surface area is 218 Å². The molecule has 9 nitrogen and oxygen atoms in total. The number of amides is 3. The molecule has 1 saturated heterocycles. The van der Waals surface area contributed by atoms with E-state index in [9.17, 15) is 14.4 Å². The molecule has 3 N–H and O–H groups in total. The Morgan fingerprint density at radius 3 is 2.56 bits per heavy atom. The van der Waals surface area contributed by atoms with Crippen LogP contribution in [0.1, 0.15) is 51.6 Å². The lowest BCUT2D eigenvalue weighted by molar-refractivity contribution is -0.127. The van der Waals surface area contributed by atoms with Crippen LogP contribution in [0, 0.1) is 0 Å². The summed E-state index contributed by atoms with van der Waals surface area (Å²) in [4.78, 5) is 51.1. The number of H-pyrrole nitrogens is 1. The van der Waals surface area contributed by atoms with Crippen molar-refractivity contribution >= 4 is 51.6 Å². The normalized spacial score (nSPS) is 20.1. The molecule has 2 aliphatic heterocycles. The second kappa shape index (κ2) is 9.84. The molecule has 0 bridgehead atoms. The maximum Gasteiger partial charge on any atom is 0.280 e. The third-order valence-corrected chi connectivity index (χ3v) is 8.23. The number of carbonyl (C=O) groups is 3. The monoisotopic (exact) mass is 528 g/mol. The number of aromatic nitrogens is 2. The lowest BCUT2D eigenvalue weighted by Crippen LogP contribution is -2.51. The molecule has 190 valence electrons. The Kier molecular flexibility index (Phi) is 6.76. The maximum absolute atomic E-state index is 13.1. The largest absolute Gasteiger partial charge is 0.351 e. The fourth-order valence-electron chi connectivity index (χ4n) is 4.81. The SMILES string of the molecule is CC(=O)N1CC(NC(=O)c2cc3cc(Cl)ccc3[nH]2)[C@H](NC(=O)c2nc3c(s2)CN(C(C)C)CC3)C1. The van der Waals surface area contributed by atoms with Crippen molar-refractivity contribution < 1.29 is 14.4 Å². The minimum absolute atomic E-state index is 0.107. The van der Waals surface area contributed by atoms with Crippen molar-refractivity contribution in [2.24, 2.45) is 0 Å². The molecule has 1 fully saturated rings. The average Bonchev–Trinajstić information content (AvgIpc) is 3.54. The van der Waals surface area contributed by atoms with Crippen LogP contribution in [0.4, 0.5) is 0 Å². The van der Waals surface area contributed by atoms with Crippen LogP contribution in [0.5, 0.6) is 0 Å². The second-order valence-electron chi connectivity index (χ2n) is 9.70. The van der Waals surface area contributed by atoms with E-state index in [4.69, 9.17) is 11.6 Å². The number of likely N-dealkylation sites (tertiary alicyclic amines) is 1. The topological polar surface area (TPSA) is 110 Å².